The van der Waals surface area contributed by atoms with Gasteiger partial charge < -0.3 is 10.1 Å². The first-order valence-electron chi connectivity index (χ1n) is 5.50. The lowest BCUT2D eigenvalue weighted by atomic mass is 9.96. The molecule has 0 saturated heterocycles. The van der Waals surface area contributed by atoms with Crippen molar-refractivity contribution in [3.05, 3.63) is 22.8 Å². The average molecular weight is 301 g/mol. The van der Waals surface area contributed by atoms with Gasteiger partial charge in [0.15, 0.2) is 0 Å². The fraction of sp³-hybridized carbons (Fsp3) is 0.500. The summed E-state index contributed by atoms with van der Waals surface area (Å²) in [5.41, 5.74) is -0.750. The zero-order valence-corrected chi connectivity index (χ0v) is 11.9. The lowest BCUT2D eigenvalue weighted by molar-refractivity contribution is -0.145. The summed E-state index contributed by atoms with van der Waals surface area (Å²) in [5, 5.41) is 3.14. The van der Waals surface area contributed by atoms with Crippen LogP contribution in [-0.2, 0) is 9.53 Å². The number of ether oxygens (including phenoxy) is 1. The third-order valence-corrected chi connectivity index (χ3v) is 3.18. The molecule has 1 aromatic rings. The Morgan fingerprint density at radius 3 is 2.88 bits per heavy atom. The minimum absolute atomic E-state index is 0.281. The molecule has 0 amide bonds. The molecule has 1 aromatic heterocycles. The Bertz CT molecular complexity index is 398. The average Bonchev–Trinajstić information content (AvgIpc) is 2.31. The molecule has 0 saturated carbocycles. The van der Waals surface area contributed by atoms with Crippen molar-refractivity contribution in [2.45, 2.75) is 32.2 Å². The largest absolute Gasteiger partial charge is 0.467 e. The third kappa shape index (κ3) is 3.43. The second-order valence-electron chi connectivity index (χ2n) is 4.03. The third-order valence-electron chi connectivity index (χ3n) is 2.54. The van der Waals surface area contributed by atoms with Crippen LogP contribution in [0.25, 0.3) is 0 Å². The SMILES string of the molecule is CCCC(C)(Nc1ncccc1Br)C(=O)OC. The number of anilines is 1. The highest BCUT2D eigenvalue weighted by Gasteiger charge is 2.34. The van der Waals surface area contributed by atoms with Gasteiger partial charge in [0.05, 0.1) is 11.6 Å². The Morgan fingerprint density at radius 1 is 1.65 bits per heavy atom. The molecule has 0 radical (unpaired) electrons. The molecule has 0 aromatic carbocycles. The van der Waals surface area contributed by atoms with Crippen LogP contribution in [0.4, 0.5) is 5.82 Å². The molecule has 1 unspecified atom stereocenters. The van der Waals surface area contributed by atoms with Crippen molar-refractivity contribution >= 4 is 27.7 Å². The highest BCUT2D eigenvalue weighted by molar-refractivity contribution is 9.10. The van der Waals surface area contributed by atoms with E-state index >= 15 is 0 Å². The predicted molar refractivity (Wildman–Crippen MR) is 70.9 cm³/mol. The lowest BCUT2D eigenvalue weighted by Gasteiger charge is -2.28. The van der Waals surface area contributed by atoms with E-state index in [2.05, 4.69) is 26.2 Å². The van der Waals surface area contributed by atoms with E-state index in [1.165, 1.54) is 7.11 Å². The summed E-state index contributed by atoms with van der Waals surface area (Å²) in [6.45, 7) is 3.85. The van der Waals surface area contributed by atoms with Crippen LogP contribution in [-0.4, -0.2) is 23.6 Å². The maximum Gasteiger partial charge on any atom is 0.331 e. The van der Waals surface area contributed by atoms with Gasteiger partial charge in [-0.25, -0.2) is 9.78 Å². The smallest absolute Gasteiger partial charge is 0.331 e. The zero-order valence-electron chi connectivity index (χ0n) is 10.3. The number of aromatic nitrogens is 1. The Labute approximate surface area is 110 Å². The molecule has 94 valence electrons. The number of hydrogen-bond acceptors (Lipinski definition) is 4. The van der Waals surface area contributed by atoms with Crippen molar-refractivity contribution in [3.8, 4) is 0 Å². The van der Waals surface area contributed by atoms with E-state index in [0.29, 0.717) is 12.2 Å². The molecule has 17 heavy (non-hydrogen) atoms. The molecule has 4 nitrogen and oxygen atoms in total. The molecule has 0 aliphatic rings. The molecule has 1 atom stereocenters. The van der Waals surface area contributed by atoms with Crippen LogP contribution in [0, 0.1) is 0 Å². The van der Waals surface area contributed by atoms with Crippen molar-refractivity contribution in [2.75, 3.05) is 12.4 Å². The maximum atomic E-state index is 11.8. The number of nitrogens with one attached hydrogen (secondary N) is 1. The van der Waals surface area contributed by atoms with Gasteiger partial charge in [-0.1, -0.05) is 13.3 Å². The normalized spacial score (nSPS) is 13.9. The second kappa shape index (κ2) is 6.00. The summed E-state index contributed by atoms with van der Waals surface area (Å²) in [7, 11) is 1.39. The number of methoxy groups -OCH3 is 1. The van der Waals surface area contributed by atoms with Crippen LogP contribution < -0.4 is 5.32 Å². The van der Waals surface area contributed by atoms with E-state index in [1.807, 2.05) is 26.0 Å². The molecule has 0 aliphatic carbocycles. The van der Waals surface area contributed by atoms with E-state index in [-0.39, 0.29) is 5.97 Å². The number of hydrogen-bond donors (Lipinski definition) is 1. The quantitative estimate of drug-likeness (QED) is 0.849. The first-order valence-corrected chi connectivity index (χ1v) is 6.30. The van der Waals surface area contributed by atoms with Crippen LogP contribution in [0.3, 0.4) is 0 Å². The molecule has 1 rings (SSSR count). The molecule has 1 heterocycles. The number of carbonyl (C=O) groups is 1. The van der Waals surface area contributed by atoms with Gasteiger partial charge >= 0.3 is 5.97 Å². The number of rotatable bonds is 5. The summed E-state index contributed by atoms with van der Waals surface area (Å²) in [4.78, 5) is 16.0. The van der Waals surface area contributed by atoms with Gasteiger partial charge in [0, 0.05) is 6.20 Å². The number of nitrogens with zero attached hydrogens (tertiary/aromatic N) is 1. The zero-order chi connectivity index (χ0) is 12.9. The van der Waals surface area contributed by atoms with Crippen LogP contribution >= 0.6 is 15.9 Å². The number of halogens is 1. The van der Waals surface area contributed by atoms with Crippen molar-refractivity contribution in [2.24, 2.45) is 0 Å². The molecule has 0 aliphatic heterocycles. The minimum atomic E-state index is -0.750. The minimum Gasteiger partial charge on any atom is -0.467 e. The summed E-state index contributed by atoms with van der Waals surface area (Å²) in [6, 6.07) is 3.70. The van der Waals surface area contributed by atoms with Gasteiger partial charge in [0.2, 0.25) is 0 Å². The first-order chi connectivity index (χ1) is 8.03. The van der Waals surface area contributed by atoms with Crippen LogP contribution in [0.5, 0.6) is 0 Å². The summed E-state index contributed by atoms with van der Waals surface area (Å²) in [5.74, 6) is 0.366. The fourth-order valence-corrected chi connectivity index (χ4v) is 2.03. The summed E-state index contributed by atoms with van der Waals surface area (Å²) < 4.78 is 5.66. The lowest BCUT2D eigenvalue weighted by Crippen LogP contribution is -2.44. The van der Waals surface area contributed by atoms with Crippen LogP contribution in [0.15, 0.2) is 22.8 Å². The van der Waals surface area contributed by atoms with E-state index in [4.69, 9.17) is 4.74 Å². The van der Waals surface area contributed by atoms with Crippen molar-refractivity contribution in [3.63, 3.8) is 0 Å². The Morgan fingerprint density at radius 2 is 2.35 bits per heavy atom. The summed E-state index contributed by atoms with van der Waals surface area (Å²) >= 11 is 3.39. The summed E-state index contributed by atoms with van der Waals surface area (Å²) in [6.07, 6.45) is 3.24. The van der Waals surface area contributed by atoms with Crippen LogP contribution in [0.1, 0.15) is 26.7 Å². The monoisotopic (exact) mass is 300 g/mol. The van der Waals surface area contributed by atoms with Gasteiger partial charge in [0.1, 0.15) is 11.4 Å². The van der Waals surface area contributed by atoms with Gasteiger partial charge in [-0.2, -0.15) is 0 Å². The molecular formula is C12H17BrN2O2. The molecule has 5 heteroatoms. The van der Waals surface area contributed by atoms with Gasteiger partial charge in [-0.15, -0.1) is 0 Å². The standard InChI is InChI=1S/C12H17BrN2O2/c1-4-7-12(2,11(16)17-3)15-10-9(13)6-5-8-14-10/h5-6,8H,4,7H2,1-3H3,(H,14,15). The van der Waals surface area contributed by atoms with Crippen molar-refractivity contribution in [1.82, 2.24) is 4.98 Å². The van der Waals surface area contributed by atoms with Gasteiger partial charge in [0.25, 0.3) is 0 Å². The predicted octanol–water partition coefficient (Wildman–Crippen LogP) is 2.99. The molecule has 1 N–H and O–H groups in total. The highest BCUT2D eigenvalue weighted by Crippen LogP contribution is 2.25. The Hall–Kier alpha value is -1.10. The molecule has 0 fully saturated rings. The van der Waals surface area contributed by atoms with Gasteiger partial charge in [-0.3, -0.25) is 0 Å². The van der Waals surface area contributed by atoms with E-state index < -0.39 is 5.54 Å². The van der Waals surface area contributed by atoms with E-state index in [9.17, 15) is 4.79 Å². The second-order valence-corrected chi connectivity index (χ2v) is 4.89. The van der Waals surface area contributed by atoms with E-state index in [1.54, 1.807) is 6.20 Å². The molecule has 0 spiro atoms. The Kier molecular flexibility index (Phi) is 4.93. The molecule has 0 bridgehead atoms. The first kappa shape index (κ1) is 14.0. The van der Waals surface area contributed by atoms with Crippen LogP contribution in [0.2, 0.25) is 0 Å². The maximum absolute atomic E-state index is 11.8. The van der Waals surface area contributed by atoms with Crippen molar-refractivity contribution in [1.29, 1.82) is 0 Å². The topological polar surface area (TPSA) is 51.2 Å². The van der Waals surface area contributed by atoms with E-state index in [0.717, 1.165) is 10.9 Å². The highest BCUT2D eigenvalue weighted by atomic mass is 79.9. The number of esters is 1. The van der Waals surface area contributed by atoms with Crippen molar-refractivity contribution < 1.29 is 9.53 Å². The fourth-order valence-electron chi connectivity index (χ4n) is 1.68. The van der Waals surface area contributed by atoms with Gasteiger partial charge in [-0.05, 0) is 41.4 Å². The Balaban J connectivity index is 2.94. The number of carbonyl (C=O) groups excluding carboxylic acids is 1. The number of pyridine rings is 1. The molecular weight excluding hydrogens is 284 g/mol.